The number of benzene rings is 3. The summed E-state index contributed by atoms with van der Waals surface area (Å²) in [6.07, 6.45) is -0.420. The minimum absolute atomic E-state index is 0.0204. The highest BCUT2D eigenvalue weighted by Crippen LogP contribution is 2.07. The van der Waals surface area contributed by atoms with Gasteiger partial charge in [0.15, 0.2) is 5.96 Å². The molecule has 0 fully saturated rings. The fourth-order valence-corrected chi connectivity index (χ4v) is 5.27. The second-order valence-electron chi connectivity index (χ2n) is 12.8. The summed E-state index contributed by atoms with van der Waals surface area (Å²) in [5.74, 6) is -5.11. The van der Waals surface area contributed by atoms with Crippen molar-refractivity contribution in [1.29, 1.82) is 0 Å². The van der Waals surface area contributed by atoms with Gasteiger partial charge in [0, 0.05) is 19.4 Å². The van der Waals surface area contributed by atoms with Crippen molar-refractivity contribution in [3.05, 3.63) is 108 Å². The number of nitrogens with two attached hydrogens (primary N) is 2. The molecule has 0 saturated heterocycles. The van der Waals surface area contributed by atoms with E-state index in [4.69, 9.17) is 16.2 Å². The van der Waals surface area contributed by atoms with E-state index < -0.39 is 78.9 Å². The van der Waals surface area contributed by atoms with Crippen LogP contribution < -0.4 is 43.4 Å². The zero-order valence-corrected chi connectivity index (χ0v) is 31.4. The molecule has 57 heavy (non-hydrogen) atoms. The van der Waals surface area contributed by atoms with E-state index in [1.807, 2.05) is 6.07 Å². The van der Waals surface area contributed by atoms with E-state index in [9.17, 15) is 38.7 Å². The van der Waals surface area contributed by atoms with Crippen LogP contribution in [0.5, 0.6) is 0 Å². The maximum Gasteiger partial charge on any atom is 0.408 e. The minimum Gasteiger partial charge on any atom is -0.480 e. The van der Waals surface area contributed by atoms with E-state index >= 15 is 0 Å². The second kappa shape index (κ2) is 23.7. The van der Waals surface area contributed by atoms with Crippen LogP contribution in [0.3, 0.4) is 0 Å². The first-order valence-electron chi connectivity index (χ1n) is 18.1. The zero-order chi connectivity index (χ0) is 41.6. The molecular formula is C39H49N9O9. The van der Waals surface area contributed by atoms with Gasteiger partial charge in [0.25, 0.3) is 0 Å². The Balaban J connectivity index is 1.55. The summed E-state index contributed by atoms with van der Waals surface area (Å²) in [6.45, 7) is 0.377. The molecule has 0 heterocycles. The van der Waals surface area contributed by atoms with Crippen LogP contribution in [0.15, 0.2) is 96.0 Å². The molecule has 4 unspecified atom stereocenters. The number of hydrogen-bond donors (Lipinski definition) is 9. The number of nitrogens with one attached hydrogen (secondary N) is 6. The lowest BCUT2D eigenvalue weighted by atomic mass is 10.0. The lowest BCUT2D eigenvalue weighted by Crippen LogP contribution is -2.55. The smallest absolute Gasteiger partial charge is 0.408 e. The van der Waals surface area contributed by atoms with Crippen LogP contribution >= 0.6 is 0 Å². The number of aliphatic carboxylic acids is 1. The molecule has 11 N–H and O–H groups in total. The number of alkyl carbamates (subject to hydrolysis) is 1. The maximum absolute atomic E-state index is 13.3. The Morgan fingerprint density at radius 3 is 1.61 bits per heavy atom. The highest BCUT2D eigenvalue weighted by molar-refractivity contribution is 5.95. The van der Waals surface area contributed by atoms with E-state index in [2.05, 4.69) is 36.9 Å². The van der Waals surface area contributed by atoms with Crippen molar-refractivity contribution >= 4 is 47.6 Å². The summed E-state index contributed by atoms with van der Waals surface area (Å²) in [7, 11) is 0. The molecule has 18 nitrogen and oxygen atoms in total. The van der Waals surface area contributed by atoms with Crippen molar-refractivity contribution in [2.45, 2.75) is 63.4 Å². The number of amides is 6. The van der Waals surface area contributed by atoms with E-state index in [0.717, 1.165) is 11.1 Å². The molecule has 6 amide bonds. The Kier molecular flexibility index (Phi) is 18.5. The normalized spacial score (nSPS) is 12.6. The fourth-order valence-electron chi connectivity index (χ4n) is 5.27. The summed E-state index contributed by atoms with van der Waals surface area (Å²) < 4.78 is 5.29. The first kappa shape index (κ1) is 44.4. The van der Waals surface area contributed by atoms with Gasteiger partial charge in [0.05, 0.1) is 13.1 Å². The molecule has 3 aromatic rings. The highest BCUT2D eigenvalue weighted by Gasteiger charge is 2.27. The number of rotatable bonds is 22. The average molecular weight is 788 g/mol. The Morgan fingerprint density at radius 1 is 0.632 bits per heavy atom. The van der Waals surface area contributed by atoms with Gasteiger partial charge in [-0.1, -0.05) is 91.0 Å². The van der Waals surface area contributed by atoms with Crippen molar-refractivity contribution < 1.29 is 43.4 Å². The van der Waals surface area contributed by atoms with Crippen molar-refractivity contribution in [1.82, 2.24) is 31.9 Å². The number of carbonyl (C=O) groups is 7. The molecule has 0 bridgehead atoms. The predicted molar refractivity (Wildman–Crippen MR) is 209 cm³/mol. The van der Waals surface area contributed by atoms with Gasteiger partial charge in [0.1, 0.15) is 30.8 Å². The number of guanidine groups is 1. The molecule has 4 atom stereocenters. The van der Waals surface area contributed by atoms with Gasteiger partial charge in [-0.2, -0.15) is 0 Å². The summed E-state index contributed by atoms with van der Waals surface area (Å²) >= 11 is 0. The van der Waals surface area contributed by atoms with Crippen LogP contribution in [-0.2, 0) is 53.0 Å². The Labute approximate surface area is 329 Å². The third-order valence-corrected chi connectivity index (χ3v) is 8.22. The molecule has 304 valence electrons. The van der Waals surface area contributed by atoms with Crippen LogP contribution in [0.2, 0.25) is 0 Å². The average Bonchev–Trinajstić information content (AvgIpc) is 3.19. The van der Waals surface area contributed by atoms with Crippen molar-refractivity contribution in [2.75, 3.05) is 19.6 Å². The van der Waals surface area contributed by atoms with Crippen LogP contribution in [0.1, 0.15) is 36.5 Å². The lowest BCUT2D eigenvalue weighted by Gasteiger charge is -2.22. The summed E-state index contributed by atoms with van der Waals surface area (Å²) in [6, 6.07) is 21.9. The van der Waals surface area contributed by atoms with E-state index in [1.165, 1.54) is 6.92 Å². The van der Waals surface area contributed by atoms with Gasteiger partial charge in [-0.25, -0.2) is 9.59 Å². The zero-order valence-electron chi connectivity index (χ0n) is 31.4. The van der Waals surface area contributed by atoms with Crippen LogP contribution in [-0.4, -0.2) is 96.5 Å². The number of aliphatic imine (C=N–C) groups is 1. The first-order chi connectivity index (χ1) is 27.3. The number of nitrogens with zero attached hydrogens (tertiary/aromatic N) is 1. The van der Waals surface area contributed by atoms with E-state index in [1.54, 1.807) is 84.9 Å². The standard InChI is InChI=1S/C39H49N9O9/c1-25(45-36(53)31(21-27-14-7-3-8-15-27)48-39(56)57-24-28-16-9-4-10-17-28)34(51)43-22-33(50)47-30(20-26-12-5-2-6-13-26)35(52)44-23-32(49)46-29(37(54)55)18-11-19-42-38(40)41/h2-10,12-17,25,29-31H,11,18-24H2,1H3,(H,43,51)(H,44,52)(H,45,53)(H,46,49)(H,47,50)(H,48,56)(H,54,55)(H4,40,41,42). The maximum atomic E-state index is 13.3. The molecule has 0 radical (unpaired) electrons. The van der Waals surface area contributed by atoms with Crippen LogP contribution in [0.25, 0.3) is 0 Å². The number of ether oxygens (including phenoxy) is 1. The Bertz CT molecular complexity index is 1830. The number of carbonyl (C=O) groups excluding carboxylic acids is 6. The van der Waals surface area contributed by atoms with Crippen LogP contribution in [0, 0.1) is 0 Å². The molecule has 0 aliphatic carbocycles. The number of hydrogen-bond acceptors (Lipinski definition) is 9. The quantitative estimate of drug-likeness (QED) is 0.0359. The number of carboxylic acid groups (broad SMARTS) is 1. The molecule has 18 heteroatoms. The molecule has 3 aromatic carbocycles. The molecule has 0 aromatic heterocycles. The lowest BCUT2D eigenvalue weighted by molar-refractivity contribution is -0.142. The van der Waals surface area contributed by atoms with Gasteiger partial charge in [0.2, 0.25) is 29.5 Å². The van der Waals surface area contributed by atoms with Gasteiger partial charge in [-0.05, 0) is 36.5 Å². The monoisotopic (exact) mass is 787 g/mol. The molecule has 0 aliphatic rings. The Morgan fingerprint density at radius 2 is 1.11 bits per heavy atom. The third-order valence-electron chi connectivity index (χ3n) is 8.22. The third kappa shape index (κ3) is 17.4. The van der Waals surface area contributed by atoms with Crippen molar-refractivity contribution in [2.24, 2.45) is 16.5 Å². The minimum atomic E-state index is -1.28. The van der Waals surface area contributed by atoms with Gasteiger partial charge >= 0.3 is 12.1 Å². The molecule has 3 rings (SSSR count). The first-order valence-corrected chi connectivity index (χ1v) is 18.1. The summed E-state index contributed by atoms with van der Waals surface area (Å²) in [5, 5.41) is 24.3. The van der Waals surface area contributed by atoms with Gasteiger partial charge in [-0.3, -0.25) is 29.0 Å². The van der Waals surface area contributed by atoms with E-state index in [-0.39, 0.29) is 44.8 Å². The fraction of sp³-hybridized carbons (Fsp3) is 0.333. The molecule has 0 aliphatic heterocycles. The van der Waals surface area contributed by atoms with Crippen molar-refractivity contribution in [3.8, 4) is 0 Å². The van der Waals surface area contributed by atoms with Gasteiger partial charge in [-0.15, -0.1) is 0 Å². The molecule has 0 spiro atoms. The topological polar surface area (TPSA) is 286 Å². The summed E-state index contributed by atoms with van der Waals surface area (Å²) in [4.78, 5) is 93.1. The number of carboxylic acids is 1. The predicted octanol–water partition coefficient (Wildman–Crippen LogP) is -0.388. The van der Waals surface area contributed by atoms with Crippen molar-refractivity contribution in [3.63, 3.8) is 0 Å². The molecule has 0 saturated carbocycles. The molecular weight excluding hydrogens is 738 g/mol. The van der Waals surface area contributed by atoms with Crippen LogP contribution in [0.4, 0.5) is 4.79 Å². The highest BCUT2D eigenvalue weighted by atomic mass is 16.5. The SMILES string of the molecule is CC(NC(=O)C(Cc1ccccc1)NC(=O)OCc1ccccc1)C(=O)NCC(=O)NC(Cc1ccccc1)C(=O)NCC(=O)NC(CCCN=C(N)N)C(=O)O. The largest absolute Gasteiger partial charge is 0.480 e. The van der Waals surface area contributed by atoms with E-state index in [0.29, 0.717) is 5.56 Å². The Hall–Kier alpha value is -6.98. The van der Waals surface area contributed by atoms with Gasteiger partial charge < -0.3 is 53.2 Å². The second-order valence-corrected chi connectivity index (χ2v) is 12.8. The summed E-state index contributed by atoms with van der Waals surface area (Å²) in [5.41, 5.74) is 12.7.